The summed E-state index contributed by atoms with van der Waals surface area (Å²) in [5.41, 5.74) is 0.696. The van der Waals surface area contributed by atoms with E-state index in [-0.39, 0.29) is 5.91 Å². The third kappa shape index (κ3) is 3.14. The van der Waals surface area contributed by atoms with Crippen molar-refractivity contribution in [1.29, 1.82) is 0 Å². The average Bonchev–Trinajstić information content (AvgIpc) is 3.00. The smallest absolute Gasteiger partial charge is 0.225 e. The zero-order valence-corrected chi connectivity index (χ0v) is 12.2. The van der Waals surface area contributed by atoms with E-state index in [0.29, 0.717) is 17.1 Å². The Morgan fingerprint density at radius 3 is 2.70 bits per heavy atom. The molecule has 2 saturated heterocycles. The van der Waals surface area contributed by atoms with Gasteiger partial charge in [0.1, 0.15) is 0 Å². The third-order valence-corrected chi connectivity index (χ3v) is 4.60. The Labute approximate surface area is 124 Å². The molecule has 0 aromatic heterocycles. The van der Waals surface area contributed by atoms with E-state index in [4.69, 9.17) is 11.6 Å². The molecule has 2 aliphatic rings. The molecular weight excluding hydrogens is 274 g/mol. The number of anilines is 1. The second-order valence-corrected chi connectivity index (χ2v) is 6.12. The molecule has 1 aromatic carbocycles. The van der Waals surface area contributed by atoms with E-state index in [2.05, 4.69) is 15.5 Å². The first-order valence-electron chi connectivity index (χ1n) is 7.20. The van der Waals surface area contributed by atoms with Crippen LogP contribution in [0.25, 0.3) is 0 Å². The minimum Gasteiger partial charge on any atom is -0.325 e. The van der Waals surface area contributed by atoms with Gasteiger partial charge in [0, 0.05) is 26.1 Å². The number of para-hydroxylation sites is 1. The fourth-order valence-electron chi connectivity index (χ4n) is 3.17. The van der Waals surface area contributed by atoms with Crippen LogP contribution >= 0.6 is 11.6 Å². The van der Waals surface area contributed by atoms with E-state index in [9.17, 15) is 4.79 Å². The molecule has 2 fully saturated rings. The van der Waals surface area contributed by atoms with Crippen LogP contribution in [-0.4, -0.2) is 43.5 Å². The first-order valence-corrected chi connectivity index (χ1v) is 7.57. The Kier molecular flexibility index (Phi) is 4.24. The average molecular weight is 294 g/mol. The van der Waals surface area contributed by atoms with Crippen LogP contribution in [0.2, 0.25) is 5.02 Å². The van der Waals surface area contributed by atoms with Crippen molar-refractivity contribution < 1.29 is 4.79 Å². The van der Waals surface area contributed by atoms with Gasteiger partial charge in [-0.3, -0.25) is 4.79 Å². The number of carbonyl (C=O) groups excluding carboxylic acids is 1. The lowest BCUT2D eigenvalue weighted by atomic mass is 10.0. The molecule has 2 aliphatic heterocycles. The summed E-state index contributed by atoms with van der Waals surface area (Å²) >= 11 is 6.03. The number of likely N-dealkylation sites (tertiary alicyclic amines) is 1. The molecule has 1 aromatic rings. The van der Waals surface area contributed by atoms with Crippen LogP contribution < -0.4 is 10.6 Å². The normalized spacial score (nSPS) is 25.6. The summed E-state index contributed by atoms with van der Waals surface area (Å²) in [6, 6.07) is 7.34. The molecule has 0 spiro atoms. The fraction of sp³-hybridized carbons (Fsp3) is 0.533. The van der Waals surface area contributed by atoms with Crippen LogP contribution in [0.5, 0.6) is 0 Å². The largest absolute Gasteiger partial charge is 0.325 e. The molecule has 2 heterocycles. The lowest BCUT2D eigenvalue weighted by Crippen LogP contribution is -2.29. The van der Waals surface area contributed by atoms with Gasteiger partial charge in [0.15, 0.2) is 0 Å². The number of hydrogen-bond donors (Lipinski definition) is 2. The molecule has 0 aliphatic carbocycles. The van der Waals surface area contributed by atoms with Gasteiger partial charge in [-0.1, -0.05) is 23.7 Å². The first kappa shape index (κ1) is 13.9. The Hall–Kier alpha value is -1.10. The molecule has 2 unspecified atom stereocenters. The van der Waals surface area contributed by atoms with Gasteiger partial charge in [0.25, 0.3) is 0 Å². The van der Waals surface area contributed by atoms with E-state index >= 15 is 0 Å². The Bertz CT molecular complexity index is 482. The summed E-state index contributed by atoms with van der Waals surface area (Å²) in [7, 11) is 0. The molecule has 0 bridgehead atoms. The number of halogens is 1. The molecule has 5 heteroatoms. The summed E-state index contributed by atoms with van der Waals surface area (Å²) in [6.45, 7) is 5.34. The third-order valence-electron chi connectivity index (χ3n) is 4.27. The first-order chi connectivity index (χ1) is 9.72. The maximum atomic E-state index is 12.0. The fourth-order valence-corrected chi connectivity index (χ4v) is 3.35. The Balaban J connectivity index is 1.45. The molecule has 0 saturated carbocycles. The molecule has 0 radical (unpaired) electrons. The zero-order chi connectivity index (χ0) is 13.9. The SMILES string of the molecule is O=C(CCN1CC2CNCC2C1)Nc1ccccc1Cl. The highest BCUT2D eigenvalue weighted by molar-refractivity contribution is 6.33. The second-order valence-electron chi connectivity index (χ2n) is 5.72. The van der Waals surface area contributed by atoms with Crippen molar-refractivity contribution in [3.05, 3.63) is 29.3 Å². The van der Waals surface area contributed by atoms with Crippen molar-refractivity contribution in [3.8, 4) is 0 Å². The van der Waals surface area contributed by atoms with Crippen molar-refractivity contribution in [2.24, 2.45) is 11.8 Å². The lowest BCUT2D eigenvalue weighted by molar-refractivity contribution is -0.116. The highest BCUT2D eigenvalue weighted by Gasteiger charge is 2.35. The number of nitrogens with one attached hydrogen (secondary N) is 2. The minimum atomic E-state index is 0.0354. The van der Waals surface area contributed by atoms with Crippen LogP contribution in [0.3, 0.4) is 0 Å². The van der Waals surface area contributed by atoms with Gasteiger partial charge in [-0.15, -0.1) is 0 Å². The van der Waals surface area contributed by atoms with Crippen LogP contribution in [0.15, 0.2) is 24.3 Å². The van der Waals surface area contributed by atoms with Crippen LogP contribution in [-0.2, 0) is 4.79 Å². The zero-order valence-electron chi connectivity index (χ0n) is 11.4. The van der Waals surface area contributed by atoms with Gasteiger partial charge in [-0.25, -0.2) is 0 Å². The van der Waals surface area contributed by atoms with Gasteiger partial charge >= 0.3 is 0 Å². The number of rotatable bonds is 4. The number of nitrogens with zero attached hydrogens (tertiary/aromatic N) is 1. The van der Waals surface area contributed by atoms with Gasteiger partial charge in [0.2, 0.25) is 5.91 Å². The van der Waals surface area contributed by atoms with Crippen molar-refractivity contribution in [2.75, 3.05) is 38.0 Å². The molecular formula is C15H20ClN3O. The minimum absolute atomic E-state index is 0.0354. The van der Waals surface area contributed by atoms with Crippen molar-refractivity contribution >= 4 is 23.2 Å². The quantitative estimate of drug-likeness (QED) is 0.890. The van der Waals surface area contributed by atoms with Crippen molar-refractivity contribution in [1.82, 2.24) is 10.2 Å². The van der Waals surface area contributed by atoms with Gasteiger partial charge in [-0.05, 0) is 37.1 Å². The number of fused-ring (bicyclic) bond motifs is 1. The van der Waals surface area contributed by atoms with Gasteiger partial charge in [-0.2, -0.15) is 0 Å². The number of amides is 1. The van der Waals surface area contributed by atoms with E-state index in [1.165, 1.54) is 0 Å². The Morgan fingerprint density at radius 1 is 1.30 bits per heavy atom. The molecule has 2 atom stereocenters. The lowest BCUT2D eigenvalue weighted by Gasteiger charge is -2.16. The highest BCUT2D eigenvalue weighted by Crippen LogP contribution is 2.26. The van der Waals surface area contributed by atoms with E-state index < -0.39 is 0 Å². The summed E-state index contributed by atoms with van der Waals surface area (Å²) in [4.78, 5) is 14.4. The van der Waals surface area contributed by atoms with Crippen LogP contribution in [0.4, 0.5) is 5.69 Å². The number of carbonyl (C=O) groups is 1. The predicted molar refractivity (Wildman–Crippen MR) is 81.0 cm³/mol. The molecule has 3 rings (SSSR count). The molecule has 1 amide bonds. The van der Waals surface area contributed by atoms with Gasteiger partial charge in [0.05, 0.1) is 10.7 Å². The standard InChI is InChI=1S/C15H20ClN3O/c16-13-3-1-2-4-14(13)18-15(20)5-6-19-9-11-7-17-8-12(11)10-19/h1-4,11-12,17H,5-10H2,(H,18,20). The molecule has 20 heavy (non-hydrogen) atoms. The Morgan fingerprint density at radius 2 is 2.00 bits per heavy atom. The monoisotopic (exact) mass is 293 g/mol. The topological polar surface area (TPSA) is 44.4 Å². The summed E-state index contributed by atoms with van der Waals surface area (Å²) < 4.78 is 0. The second kappa shape index (κ2) is 6.12. The summed E-state index contributed by atoms with van der Waals surface area (Å²) in [5, 5.41) is 6.89. The molecule has 108 valence electrons. The highest BCUT2D eigenvalue weighted by atomic mass is 35.5. The maximum absolute atomic E-state index is 12.0. The summed E-state index contributed by atoms with van der Waals surface area (Å²) in [6.07, 6.45) is 0.526. The van der Waals surface area contributed by atoms with Crippen LogP contribution in [0, 0.1) is 11.8 Å². The van der Waals surface area contributed by atoms with Gasteiger partial charge < -0.3 is 15.5 Å². The van der Waals surface area contributed by atoms with E-state index in [1.807, 2.05) is 18.2 Å². The number of hydrogen-bond acceptors (Lipinski definition) is 3. The molecule has 2 N–H and O–H groups in total. The maximum Gasteiger partial charge on any atom is 0.225 e. The van der Waals surface area contributed by atoms with Crippen molar-refractivity contribution in [2.45, 2.75) is 6.42 Å². The predicted octanol–water partition coefficient (Wildman–Crippen LogP) is 1.82. The van der Waals surface area contributed by atoms with Crippen molar-refractivity contribution in [3.63, 3.8) is 0 Å². The summed E-state index contributed by atoms with van der Waals surface area (Å²) in [5.74, 6) is 1.59. The van der Waals surface area contributed by atoms with E-state index in [0.717, 1.165) is 44.6 Å². The van der Waals surface area contributed by atoms with E-state index in [1.54, 1.807) is 6.07 Å². The molecule has 4 nitrogen and oxygen atoms in total. The number of benzene rings is 1. The van der Waals surface area contributed by atoms with Crippen LogP contribution in [0.1, 0.15) is 6.42 Å².